The van der Waals surface area contributed by atoms with Crippen LogP contribution in [0.4, 0.5) is 0 Å². The maximum Gasteiger partial charge on any atom is 0.235 e. The molecule has 2 N–H and O–H groups in total. The van der Waals surface area contributed by atoms with E-state index in [2.05, 4.69) is 53.5 Å². The molecule has 0 aromatic heterocycles. The molecule has 6 heteroatoms. The van der Waals surface area contributed by atoms with Crippen LogP contribution in [-0.4, -0.2) is 47.3 Å². The van der Waals surface area contributed by atoms with Crippen LogP contribution in [0.1, 0.15) is 38.7 Å². The molecule has 1 fully saturated rings. The molecule has 5 rings (SSSR count). The number of fused-ring (bicyclic) bond motifs is 1. The molecular weight excluding hydrogens is 458 g/mol. The van der Waals surface area contributed by atoms with Gasteiger partial charge in [-0.2, -0.15) is 5.26 Å². The predicted octanol–water partition coefficient (Wildman–Crippen LogP) is 4.90. The largest absolute Gasteiger partial charge is 0.369 e. The molecule has 1 aromatic carbocycles. The number of likely N-dealkylation sites (tertiary alicyclic amines) is 1. The fourth-order valence-electron chi connectivity index (χ4n) is 5.76. The number of benzene rings is 1. The number of rotatable bonds is 4. The first-order valence-corrected chi connectivity index (χ1v) is 13.3. The molecule has 0 spiro atoms. The lowest BCUT2D eigenvalue weighted by Gasteiger charge is -2.42. The van der Waals surface area contributed by atoms with Crippen molar-refractivity contribution in [1.82, 2.24) is 9.80 Å². The van der Waals surface area contributed by atoms with Crippen LogP contribution in [-0.2, 0) is 11.3 Å². The van der Waals surface area contributed by atoms with Gasteiger partial charge in [0.05, 0.1) is 17.5 Å². The molecule has 6 nitrogen and oxygen atoms in total. The minimum Gasteiger partial charge on any atom is -0.369 e. The van der Waals surface area contributed by atoms with Gasteiger partial charge in [-0.1, -0.05) is 80.6 Å². The van der Waals surface area contributed by atoms with E-state index in [1.165, 1.54) is 10.5 Å². The topological polar surface area (TPSA) is 85.7 Å². The molecule has 1 aromatic rings. The number of carbonyl (C=O) groups is 1. The molecule has 2 heterocycles. The Balaban J connectivity index is 0.00000156. The van der Waals surface area contributed by atoms with E-state index in [1.54, 1.807) is 7.05 Å². The lowest BCUT2D eigenvalue weighted by atomic mass is 9.72. The third-order valence-corrected chi connectivity index (χ3v) is 7.57. The van der Waals surface area contributed by atoms with Crippen molar-refractivity contribution in [2.45, 2.75) is 45.2 Å². The predicted molar refractivity (Wildman–Crippen MR) is 149 cm³/mol. The van der Waals surface area contributed by atoms with Crippen molar-refractivity contribution in [2.24, 2.45) is 22.6 Å². The van der Waals surface area contributed by atoms with Crippen molar-refractivity contribution in [3.63, 3.8) is 0 Å². The zero-order chi connectivity index (χ0) is 26.4. The standard InChI is InChI=1S/C29H31N5O.C2H6/c1-33-27(35)26-19-34(18-21-9-3-2-4-10-21)20-29(26,32-28(33)31)25-14-8-7-13-24(16-25)23-12-6-5-11-22(15-23)17-30;1-2/h2-4,6-7,9-13,15-16,25-26H,5,8,14,18-20H2,1H3,(H2,31,32);1-2H3. The van der Waals surface area contributed by atoms with Crippen LogP contribution < -0.4 is 5.73 Å². The smallest absolute Gasteiger partial charge is 0.235 e. The van der Waals surface area contributed by atoms with Crippen LogP contribution >= 0.6 is 0 Å². The average Bonchev–Trinajstić information content (AvgIpc) is 3.10. The van der Waals surface area contributed by atoms with Crippen LogP contribution in [0.25, 0.3) is 0 Å². The molecule has 3 atom stereocenters. The summed E-state index contributed by atoms with van der Waals surface area (Å²) in [5, 5.41) is 9.49. The molecular formula is C31H37N5O. The average molecular weight is 496 g/mol. The quantitative estimate of drug-likeness (QED) is 0.644. The van der Waals surface area contributed by atoms with Gasteiger partial charge in [0.1, 0.15) is 0 Å². The minimum absolute atomic E-state index is 0.0431. The van der Waals surface area contributed by atoms with Crippen LogP contribution in [0.2, 0.25) is 0 Å². The lowest BCUT2D eigenvalue weighted by Crippen LogP contribution is -2.58. The first-order chi connectivity index (χ1) is 18.0. The van der Waals surface area contributed by atoms with E-state index in [4.69, 9.17) is 10.7 Å². The zero-order valence-electron chi connectivity index (χ0n) is 22.1. The van der Waals surface area contributed by atoms with Gasteiger partial charge in [-0.3, -0.25) is 14.6 Å². The number of guanidine groups is 1. The van der Waals surface area contributed by atoms with E-state index >= 15 is 0 Å². The summed E-state index contributed by atoms with van der Waals surface area (Å²) in [6, 6.07) is 12.6. The van der Waals surface area contributed by atoms with Gasteiger partial charge < -0.3 is 5.73 Å². The number of aliphatic imine (C=N–C) groups is 1. The fourth-order valence-corrected chi connectivity index (χ4v) is 5.76. The summed E-state index contributed by atoms with van der Waals surface area (Å²) < 4.78 is 0. The summed E-state index contributed by atoms with van der Waals surface area (Å²) in [5.41, 5.74) is 9.69. The Morgan fingerprint density at radius 1 is 1.16 bits per heavy atom. The number of amides is 1. The lowest BCUT2D eigenvalue weighted by molar-refractivity contribution is -0.133. The van der Waals surface area contributed by atoms with E-state index in [9.17, 15) is 10.1 Å². The molecule has 4 aliphatic rings. The third kappa shape index (κ3) is 5.38. The second kappa shape index (κ2) is 11.6. The van der Waals surface area contributed by atoms with E-state index in [-0.39, 0.29) is 17.7 Å². The summed E-state index contributed by atoms with van der Waals surface area (Å²) >= 11 is 0. The van der Waals surface area contributed by atoms with Crippen LogP contribution in [0.3, 0.4) is 0 Å². The second-order valence-electron chi connectivity index (χ2n) is 9.78. The Hall–Kier alpha value is -3.69. The van der Waals surface area contributed by atoms with E-state index < -0.39 is 5.54 Å². The van der Waals surface area contributed by atoms with E-state index in [1.807, 2.05) is 44.2 Å². The van der Waals surface area contributed by atoms with Crippen molar-refractivity contribution >= 4 is 11.9 Å². The summed E-state index contributed by atoms with van der Waals surface area (Å²) in [5.74, 6) is 0.130. The highest BCUT2D eigenvalue weighted by Crippen LogP contribution is 2.45. The normalized spacial score (nSPS) is 27.4. The maximum absolute atomic E-state index is 13.5. The van der Waals surface area contributed by atoms with E-state index in [0.29, 0.717) is 24.6 Å². The van der Waals surface area contributed by atoms with Crippen LogP contribution in [0.5, 0.6) is 0 Å². The highest BCUT2D eigenvalue weighted by Gasteiger charge is 2.57. The number of nitrogens with zero attached hydrogens (tertiary/aromatic N) is 4. The molecule has 0 bridgehead atoms. The van der Waals surface area contributed by atoms with Gasteiger partial charge in [0.2, 0.25) is 5.91 Å². The first-order valence-electron chi connectivity index (χ1n) is 13.3. The van der Waals surface area contributed by atoms with E-state index in [0.717, 1.165) is 37.0 Å². The van der Waals surface area contributed by atoms with Crippen molar-refractivity contribution < 1.29 is 4.79 Å². The molecule has 2 aliphatic carbocycles. The summed E-state index contributed by atoms with van der Waals surface area (Å²) in [6.45, 7) is 6.11. The monoisotopic (exact) mass is 495 g/mol. The molecule has 3 unspecified atom stereocenters. The Kier molecular flexibility index (Phi) is 8.25. The molecule has 0 radical (unpaired) electrons. The molecule has 1 saturated heterocycles. The van der Waals surface area contributed by atoms with Crippen LogP contribution in [0, 0.1) is 23.2 Å². The van der Waals surface area contributed by atoms with Gasteiger partial charge in [0.15, 0.2) is 5.96 Å². The molecule has 0 saturated carbocycles. The van der Waals surface area contributed by atoms with Crippen molar-refractivity contribution in [2.75, 3.05) is 20.1 Å². The van der Waals surface area contributed by atoms with Crippen molar-refractivity contribution in [3.8, 4) is 6.07 Å². The highest BCUT2D eigenvalue weighted by atomic mass is 16.2. The summed E-state index contributed by atoms with van der Waals surface area (Å²) in [4.78, 5) is 22.4. The van der Waals surface area contributed by atoms with Gasteiger partial charge in [0, 0.05) is 38.2 Å². The first kappa shape index (κ1) is 26.4. The van der Waals surface area contributed by atoms with Gasteiger partial charge in [-0.15, -0.1) is 0 Å². The maximum atomic E-state index is 13.5. The molecule has 1 amide bonds. The SMILES string of the molecule is CC.CN1C(=O)C2CN(Cc3ccccc3)CC2(C2C=C(C3=CC(C#N)=CCC=C3)C=CCC2)N=C1N. The number of carbonyl (C=O) groups excluding carboxylic acids is 1. The number of nitrogens with two attached hydrogens (primary N) is 1. The van der Waals surface area contributed by atoms with Crippen molar-refractivity contribution in [3.05, 3.63) is 95.1 Å². The van der Waals surface area contributed by atoms with Crippen LogP contribution in [0.15, 0.2) is 94.6 Å². The van der Waals surface area contributed by atoms with Gasteiger partial charge >= 0.3 is 0 Å². The number of allylic oxidation sites excluding steroid dienone is 9. The Labute approximate surface area is 220 Å². The Morgan fingerprint density at radius 3 is 2.68 bits per heavy atom. The Morgan fingerprint density at radius 2 is 1.92 bits per heavy atom. The minimum atomic E-state index is -0.609. The summed E-state index contributed by atoms with van der Waals surface area (Å²) in [6.07, 6.45) is 17.2. The number of hydrogen-bond acceptors (Lipinski definition) is 5. The summed E-state index contributed by atoms with van der Waals surface area (Å²) in [7, 11) is 1.72. The molecule has 192 valence electrons. The molecule has 37 heavy (non-hydrogen) atoms. The number of hydrogen-bond donors (Lipinski definition) is 1. The second-order valence-corrected chi connectivity index (χ2v) is 9.78. The molecule has 2 aliphatic heterocycles. The van der Waals surface area contributed by atoms with Gasteiger partial charge in [-0.25, -0.2) is 4.99 Å². The highest BCUT2D eigenvalue weighted by molar-refractivity contribution is 6.00. The zero-order valence-corrected chi connectivity index (χ0v) is 22.1. The van der Waals surface area contributed by atoms with Gasteiger partial charge in [0.25, 0.3) is 0 Å². The van der Waals surface area contributed by atoms with Crippen molar-refractivity contribution in [1.29, 1.82) is 5.26 Å². The number of nitriles is 1. The van der Waals surface area contributed by atoms with Gasteiger partial charge in [-0.05, 0) is 42.0 Å². The Bertz CT molecular complexity index is 1230. The fraction of sp³-hybridized carbons (Fsp3) is 0.387. The third-order valence-electron chi connectivity index (χ3n) is 7.57.